The first kappa shape index (κ1) is 27.4. The molecule has 0 amide bonds. The third-order valence-corrected chi connectivity index (χ3v) is 17.9. The summed E-state index contributed by atoms with van der Waals surface area (Å²) in [7, 11) is 0. The van der Waals surface area contributed by atoms with E-state index in [1.165, 1.54) is 69.1 Å². The summed E-state index contributed by atoms with van der Waals surface area (Å²) >= 11 is 6.52. The van der Waals surface area contributed by atoms with E-state index in [0.29, 0.717) is 0 Å². The Morgan fingerprint density at radius 1 is 0.583 bits per heavy atom. The van der Waals surface area contributed by atoms with Crippen molar-refractivity contribution >= 4 is 74.8 Å². The molecule has 2 radical (unpaired) electrons. The molecule has 0 rings (SSSR count). The molecule has 0 aliphatic rings. The van der Waals surface area contributed by atoms with Crippen molar-refractivity contribution in [3.8, 4) is 0 Å². The zero-order chi connectivity index (χ0) is 18.5. The summed E-state index contributed by atoms with van der Waals surface area (Å²) in [6.07, 6.45) is 10.6. The molecule has 0 atom stereocenters. The molecule has 24 heavy (non-hydrogen) atoms. The van der Waals surface area contributed by atoms with E-state index in [4.69, 9.17) is 0 Å². The van der Waals surface area contributed by atoms with Gasteiger partial charge in [-0.25, -0.2) is 0 Å². The third kappa shape index (κ3) is 21.2. The Morgan fingerprint density at radius 2 is 0.833 bits per heavy atom. The van der Waals surface area contributed by atoms with E-state index in [9.17, 15) is 0 Å². The molecule has 0 unspecified atom stereocenters. The van der Waals surface area contributed by atoms with E-state index in [2.05, 4.69) is 68.9 Å². The van der Waals surface area contributed by atoms with Crippen LogP contribution < -0.4 is 0 Å². The van der Waals surface area contributed by atoms with Gasteiger partial charge >= 0.3 is 178 Å². The molecule has 0 aromatic carbocycles. The van der Waals surface area contributed by atoms with E-state index in [-0.39, 0.29) is 0 Å². The third-order valence-electron chi connectivity index (χ3n) is 3.68. The first-order chi connectivity index (χ1) is 11.7. The van der Waals surface area contributed by atoms with E-state index >= 15 is 0 Å². The van der Waals surface area contributed by atoms with Gasteiger partial charge in [0.1, 0.15) is 0 Å². The van der Waals surface area contributed by atoms with E-state index in [0.717, 1.165) is 0 Å². The van der Waals surface area contributed by atoms with Crippen molar-refractivity contribution in [2.24, 2.45) is 6.43 Å². The van der Waals surface area contributed by atoms with Crippen LogP contribution in [0.25, 0.3) is 0 Å². The van der Waals surface area contributed by atoms with Gasteiger partial charge < -0.3 is 0 Å². The van der Waals surface area contributed by atoms with Gasteiger partial charge in [-0.2, -0.15) is 0 Å². The van der Waals surface area contributed by atoms with Crippen LogP contribution in [0, 0.1) is 0 Å². The van der Waals surface area contributed by atoms with Gasteiger partial charge in [0, 0.05) is 0 Å². The topological polar surface area (TPSA) is 24.7 Å². The van der Waals surface area contributed by atoms with Crippen molar-refractivity contribution < 1.29 is 0 Å². The Hall–Kier alpha value is 1.20. The molecular weight excluding hydrogens is 546 g/mol. The summed E-state index contributed by atoms with van der Waals surface area (Å²) in [5.74, 6) is 0. The molecule has 0 aromatic rings. The van der Waals surface area contributed by atoms with Crippen molar-refractivity contribution in [3.05, 3.63) is 0 Å². The van der Waals surface area contributed by atoms with E-state index in [1.54, 1.807) is 0 Å². The second-order valence-corrected chi connectivity index (χ2v) is 19.8. The molecule has 0 aliphatic heterocycles. The van der Waals surface area contributed by atoms with Crippen molar-refractivity contribution in [3.63, 3.8) is 0 Å². The average Bonchev–Trinajstić information content (AvgIpc) is 2.60. The van der Waals surface area contributed by atoms with Gasteiger partial charge in [-0.3, -0.25) is 0 Å². The van der Waals surface area contributed by atoms with Crippen LogP contribution in [-0.4, -0.2) is 50.4 Å². The molecule has 0 aliphatic carbocycles. The molecule has 0 N–H and O–H groups in total. The van der Waals surface area contributed by atoms with Crippen LogP contribution in [0.15, 0.2) is 6.43 Å². The van der Waals surface area contributed by atoms with Crippen molar-refractivity contribution in [2.45, 2.75) is 96.8 Å². The van der Waals surface area contributed by atoms with Gasteiger partial charge in [0.2, 0.25) is 0 Å². The molecule has 0 saturated carbocycles. The second kappa shape index (κ2) is 24.2. The zero-order valence-electron chi connectivity index (χ0n) is 16.2. The molecule has 0 bridgehead atoms. The normalized spacial score (nSPS) is 9.92. The van der Waals surface area contributed by atoms with Crippen molar-refractivity contribution in [1.29, 1.82) is 0 Å². The maximum atomic E-state index is 4.66. The van der Waals surface area contributed by atoms with Crippen LogP contribution in [0.1, 0.15) is 79.1 Å². The van der Waals surface area contributed by atoms with Crippen molar-refractivity contribution in [1.82, 2.24) is 0 Å². The molecule has 6 heteroatoms. The van der Waals surface area contributed by atoms with Crippen molar-refractivity contribution in [2.75, 3.05) is 0 Å². The fraction of sp³-hybridized carbons (Fsp3) is 0.889. The van der Waals surface area contributed by atoms with Crippen LogP contribution in [0.5, 0.6) is 0 Å². The second-order valence-electron chi connectivity index (χ2n) is 5.95. The average molecular weight is 582 g/mol. The molecule has 0 spiro atoms. The molecule has 0 saturated heterocycles. The Kier molecular flexibility index (Phi) is 27.6. The van der Waals surface area contributed by atoms with Gasteiger partial charge in [-0.1, -0.05) is 0 Å². The van der Waals surface area contributed by atoms with Gasteiger partial charge in [-0.05, 0) is 0 Å². The summed E-state index contributed by atoms with van der Waals surface area (Å²) in [6.45, 7) is 8.95. The summed E-state index contributed by atoms with van der Waals surface area (Å²) in [4.78, 5) is 0. The maximum absolute atomic E-state index is 4.66. The molecule has 2 nitrogen and oxygen atoms in total. The fourth-order valence-electron chi connectivity index (χ4n) is 2.13. The molecule has 0 fully saturated rings. The summed E-state index contributed by atoms with van der Waals surface area (Å²) in [6, 6.07) is 0. The predicted octanol–water partition coefficient (Wildman–Crippen LogP) is 7.36. The van der Waals surface area contributed by atoms with Gasteiger partial charge in [0.05, 0.1) is 0 Å². The van der Waals surface area contributed by atoms with E-state index in [1.807, 2.05) is 0 Å². The van der Waals surface area contributed by atoms with Crippen LogP contribution in [0.3, 0.4) is 0 Å². The molecule has 0 heterocycles. The van der Waals surface area contributed by atoms with Crippen LogP contribution in [0.4, 0.5) is 0 Å². The first-order valence-corrected chi connectivity index (χ1v) is 21.0. The molecule has 138 valence electrons. The Bertz CT molecular complexity index is 305. The number of unbranched alkanes of at least 4 members (excludes halogenated alkanes) is 4. The number of rotatable bonds is 14. The monoisotopic (exact) mass is 584 g/mol. The summed E-state index contributed by atoms with van der Waals surface area (Å²) < 4.78 is 14.2. The Labute approximate surface area is 176 Å². The quantitative estimate of drug-likeness (QED) is 0.122. The van der Waals surface area contributed by atoms with E-state index < -0.39 is 40.1 Å². The number of isothiocyanates is 2. The number of thiocarbonyl (C=S) groups is 2. The minimum absolute atomic E-state index is 1.29. The number of hydrogen-bond donors (Lipinski definition) is 0. The Morgan fingerprint density at radius 3 is 1.00 bits per heavy atom. The SMILES string of the molecule is CCC[CH2][Sn]([CH2]CCC)[N]=C=S.CCC[CH2][Sn]([CH2]CCC)[N]=C=S. The summed E-state index contributed by atoms with van der Waals surface area (Å²) in [5.41, 5.74) is 0. The molecular formula is C18H36N2S2Sn2. The number of nitrogens with zero attached hydrogens (tertiary/aromatic N) is 2. The van der Waals surface area contributed by atoms with Crippen LogP contribution >= 0.6 is 24.4 Å². The zero-order valence-corrected chi connectivity index (χ0v) is 23.5. The molecule has 0 aromatic heterocycles. The first-order valence-electron chi connectivity index (χ1n) is 9.55. The standard InChI is InChI=1S/4C4H9.2CNS.2Sn/c4*1-3-4-2;2*2-1-3;;/h4*1,3-4H2,2H3;;;;/q;;;;2*-1;2*+1. The van der Waals surface area contributed by atoms with Gasteiger partial charge in [0.25, 0.3) is 0 Å². The van der Waals surface area contributed by atoms with Gasteiger partial charge in [0.15, 0.2) is 0 Å². The summed E-state index contributed by atoms with van der Waals surface area (Å²) in [5, 5.41) is 5.16. The fourth-order valence-corrected chi connectivity index (χ4v) is 16.0. The Balaban J connectivity index is 0. The van der Waals surface area contributed by atoms with Gasteiger partial charge in [-0.15, -0.1) is 0 Å². The minimum atomic E-state index is -1.40. The number of hydrogen-bond acceptors (Lipinski definition) is 4. The van der Waals surface area contributed by atoms with Crippen LogP contribution in [0.2, 0.25) is 17.7 Å². The van der Waals surface area contributed by atoms with Crippen LogP contribution in [-0.2, 0) is 0 Å². The predicted molar refractivity (Wildman–Crippen MR) is 120 cm³/mol.